The zero-order chi connectivity index (χ0) is 8.85. The van der Waals surface area contributed by atoms with Crippen LogP contribution in [-0.4, -0.2) is 37.6 Å². The first-order valence-electron chi connectivity index (χ1n) is 4.47. The Morgan fingerprint density at radius 2 is 1.82 bits per heavy atom. The van der Waals surface area contributed by atoms with E-state index in [1.807, 2.05) is 0 Å². The predicted molar refractivity (Wildman–Crippen MR) is 50.9 cm³/mol. The summed E-state index contributed by atoms with van der Waals surface area (Å²) in [5, 5.41) is 3.44. The second-order valence-electron chi connectivity index (χ2n) is 3.59. The number of nitrogens with one attached hydrogen (secondary N) is 1. The molecule has 1 atom stereocenters. The first-order valence-corrected chi connectivity index (χ1v) is 4.47. The molecule has 1 N–H and O–H groups in total. The maximum atomic E-state index is 3.44. The minimum absolute atomic E-state index is 0.601. The van der Waals surface area contributed by atoms with Crippen molar-refractivity contribution in [1.82, 2.24) is 10.2 Å². The lowest BCUT2D eigenvalue weighted by Gasteiger charge is -2.24. The van der Waals surface area contributed by atoms with Gasteiger partial charge in [0.25, 0.3) is 0 Å². The van der Waals surface area contributed by atoms with Gasteiger partial charge in [-0.25, -0.2) is 0 Å². The van der Waals surface area contributed by atoms with E-state index in [4.69, 9.17) is 0 Å². The van der Waals surface area contributed by atoms with Crippen molar-refractivity contribution in [3.05, 3.63) is 0 Å². The van der Waals surface area contributed by atoms with Gasteiger partial charge in [-0.05, 0) is 20.5 Å². The smallest absolute Gasteiger partial charge is 0.0212 e. The van der Waals surface area contributed by atoms with E-state index < -0.39 is 0 Å². The summed E-state index contributed by atoms with van der Waals surface area (Å²) in [7, 11) is 4.27. The van der Waals surface area contributed by atoms with Crippen LogP contribution in [0.15, 0.2) is 0 Å². The van der Waals surface area contributed by atoms with Crippen molar-refractivity contribution in [2.45, 2.75) is 39.3 Å². The molecule has 0 bridgehead atoms. The third kappa shape index (κ3) is 5.22. The van der Waals surface area contributed by atoms with Gasteiger partial charge in [0.05, 0.1) is 0 Å². The first kappa shape index (κ1) is 10.9. The Kier molecular flexibility index (Phi) is 5.51. The maximum Gasteiger partial charge on any atom is 0.0212 e. The fourth-order valence-electron chi connectivity index (χ4n) is 1.06. The third-order valence-corrected chi connectivity index (χ3v) is 1.96. The van der Waals surface area contributed by atoms with Gasteiger partial charge in [0.2, 0.25) is 0 Å². The highest BCUT2D eigenvalue weighted by atomic mass is 15.1. The van der Waals surface area contributed by atoms with Gasteiger partial charge in [-0.3, -0.25) is 0 Å². The molecule has 0 aromatic rings. The van der Waals surface area contributed by atoms with Crippen LogP contribution in [-0.2, 0) is 0 Å². The molecule has 0 radical (unpaired) electrons. The summed E-state index contributed by atoms with van der Waals surface area (Å²) in [6, 6.07) is 1.28. The van der Waals surface area contributed by atoms with Crippen molar-refractivity contribution < 1.29 is 0 Å². The summed E-state index contributed by atoms with van der Waals surface area (Å²) in [4.78, 5) is 2.27. The van der Waals surface area contributed by atoms with Gasteiger partial charge in [0, 0.05) is 18.6 Å². The highest BCUT2D eigenvalue weighted by Crippen LogP contribution is 1.96. The Morgan fingerprint density at radius 1 is 1.27 bits per heavy atom. The Balaban J connectivity index is 3.52. The van der Waals surface area contributed by atoms with Crippen LogP contribution in [0.25, 0.3) is 0 Å². The summed E-state index contributed by atoms with van der Waals surface area (Å²) in [6.45, 7) is 7.69. The highest BCUT2D eigenvalue weighted by Gasteiger charge is 2.07. The Labute approximate surface area is 71.0 Å². The van der Waals surface area contributed by atoms with E-state index in [1.165, 1.54) is 6.42 Å². The normalized spacial score (nSPS) is 14.5. The molecule has 0 aromatic carbocycles. The van der Waals surface area contributed by atoms with Gasteiger partial charge in [-0.2, -0.15) is 0 Å². The molecule has 0 saturated heterocycles. The van der Waals surface area contributed by atoms with Crippen LogP contribution in [0.2, 0.25) is 0 Å². The van der Waals surface area contributed by atoms with Crippen molar-refractivity contribution >= 4 is 0 Å². The van der Waals surface area contributed by atoms with Gasteiger partial charge in [0.1, 0.15) is 0 Å². The molecule has 0 aromatic heterocycles. The largest absolute Gasteiger partial charge is 0.313 e. The van der Waals surface area contributed by atoms with Gasteiger partial charge in [-0.1, -0.05) is 20.8 Å². The fraction of sp³-hybridized carbons (Fsp3) is 1.00. The molecular formula is C9H22N2. The quantitative estimate of drug-likeness (QED) is 0.649. The van der Waals surface area contributed by atoms with E-state index >= 15 is 0 Å². The molecule has 0 amide bonds. The summed E-state index contributed by atoms with van der Waals surface area (Å²) in [5.74, 6) is 0. The molecule has 0 aliphatic heterocycles. The van der Waals surface area contributed by atoms with Crippen LogP contribution < -0.4 is 5.32 Å². The molecule has 68 valence electrons. The Morgan fingerprint density at radius 3 is 2.09 bits per heavy atom. The number of hydrogen-bond acceptors (Lipinski definition) is 2. The van der Waals surface area contributed by atoms with E-state index in [2.05, 4.69) is 45.1 Å². The lowest BCUT2D eigenvalue weighted by Crippen LogP contribution is -2.39. The summed E-state index contributed by atoms with van der Waals surface area (Å²) < 4.78 is 0. The number of nitrogens with zero attached hydrogens (tertiary/aromatic N) is 1. The highest BCUT2D eigenvalue weighted by molar-refractivity contribution is 4.68. The molecule has 0 aliphatic rings. The van der Waals surface area contributed by atoms with Crippen LogP contribution in [0.1, 0.15) is 27.2 Å². The molecule has 0 aliphatic carbocycles. The minimum atomic E-state index is 0.601. The van der Waals surface area contributed by atoms with Crippen LogP contribution in [0, 0.1) is 0 Å². The van der Waals surface area contributed by atoms with E-state index in [0.29, 0.717) is 12.1 Å². The molecule has 11 heavy (non-hydrogen) atoms. The molecule has 1 unspecified atom stereocenters. The number of likely N-dealkylation sites (N-methyl/N-ethyl adjacent to an activating group) is 1. The van der Waals surface area contributed by atoms with Gasteiger partial charge >= 0.3 is 0 Å². The summed E-state index contributed by atoms with van der Waals surface area (Å²) in [5.41, 5.74) is 0. The number of hydrogen-bond donors (Lipinski definition) is 1. The molecule has 2 heteroatoms. The summed E-state index contributed by atoms with van der Waals surface area (Å²) >= 11 is 0. The standard InChI is InChI=1S/C9H22N2/c1-6-9(11(4)5)7-10-8(2)3/h8-10H,6-7H2,1-5H3. The minimum Gasteiger partial charge on any atom is -0.313 e. The van der Waals surface area contributed by atoms with Gasteiger partial charge in [-0.15, -0.1) is 0 Å². The van der Waals surface area contributed by atoms with Crippen LogP contribution in [0.3, 0.4) is 0 Å². The third-order valence-electron chi connectivity index (χ3n) is 1.96. The average molecular weight is 158 g/mol. The van der Waals surface area contributed by atoms with Crippen LogP contribution >= 0.6 is 0 Å². The second kappa shape index (κ2) is 5.56. The van der Waals surface area contributed by atoms with Crippen LogP contribution in [0.4, 0.5) is 0 Å². The zero-order valence-corrected chi connectivity index (χ0v) is 8.52. The molecule has 0 saturated carbocycles. The first-order chi connectivity index (χ1) is 5.07. The molecule has 0 heterocycles. The van der Waals surface area contributed by atoms with Crippen LogP contribution in [0.5, 0.6) is 0 Å². The van der Waals surface area contributed by atoms with Crippen molar-refractivity contribution in [2.75, 3.05) is 20.6 Å². The zero-order valence-electron chi connectivity index (χ0n) is 8.52. The molecule has 0 spiro atoms. The number of rotatable bonds is 5. The Bertz CT molecular complexity index is 89.6. The Hall–Kier alpha value is -0.0800. The molecule has 0 fully saturated rings. The van der Waals surface area contributed by atoms with Crippen molar-refractivity contribution in [2.24, 2.45) is 0 Å². The maximum absolute atomic E-state index is 3.44. The fourth-order valence-corrected chi connectivity index (χ4v) is 1.06. The lowest BCUT2D eigenvalue weighted by atomic mass is 10.2. The van der Waals surface area contributed by atoms with Crippen molar-refractivity contribution in [3.63, 3.8) is 0 Å². The van der Waals surface area contributed by atoms with E-state index in [-0.39, 0.29) is 0 Å². The molecular weight excluding hydrogens is 136 g/mol. The van der Waals surface area contributed by atoms with E-state index in [9.17, 15) is 0 Å². The summed E-state index contributed by atoms with van der Waals surface area (Å²) in [6.07, 6.45) is 1.22. The second-order valence-corrected chi connectivity index (χ2v) is 3.59. The van der Waals surface area contributed by atoms with E-state index in [1.54, 1.807) is 0 Å². The lowest BCUT2D eigenvalue weighted by molar-refractivity contribution is 0.271. The predicted octanol–water partition coefficient (Wildman–Crippen LogP) is 1.32. The SMILES string of the molecule is CCC(CNC(C)C)N(C)C. The van der Waals surface area contributed by atoms with Gasteiger partial charge in [0.15, 0.2) is 0 Å². The topological polar surface area (TPSA) is 15.3 Å². The monoisotopic (exact) mass is 158 g/mol. The van der Waals surface area contributed by atoms with E-state index in [0.717, 1.165) is 6.54 Å². The molecule has 2 nitrogen and oxygen atoms in total. The van der Waals surface area contributed by atoms with Gasteiger partial charge < -0.3 is 10.2 Å². The van der Waals surface area contributed by atoms with Crippen molar-refractivity contribution in [3.8, 4) is 0 Å². The average Bonchev–Trinajstić information content (AvgIpc) is 1.87. The van der Waals surface area contributed by atoms with Crippen molar-refractivity contribution in [1.29, 1.82) is 0 Å². The molecule has 0 rings (SSSR count).